The summed E-state index contributed by atoms with van der Waals surface area (Å²) in [6, 6.07) is 12.0. The van der Waals surface area contributed by atoms with Crippen molar-refractivity contribution in [2.24, 2.45) is 0 Å². The lowest BCUT2D eigenvalue weighted by atomic mass is 10.0. The number of rotatable bonds is 1. The van der Waals surface area contributed by atoms with Crippen LogP contribution in [0.15, 0.2) is 47.4 Å². The minimum Gasteiger partial charge on any atom is -0.349 e. The van der Waals surface area contributed by atoms with Crippen LogP contribution in [-0.4, -0.2) is 9.55 Å². The maximum Gasteiger partial charge on any atom is 0.254 e. The molecule has 0 radical (unpaired) electrons. The maximum absolute atomic E-state index is 11.6. The highest BCUT2D eigenvalue weighted by molar-refractivity contribution is 5.34. The number of hydrogen-bond acceptors (Lipinski definition) is 3. The number of hydrogen-bond donors (Lipinski definition) is 1. The van der Waals surface area contributed by atoms with Gasteiger partial charge < -0.3 is 5.32 Å². The van der Waals surface area contributed by atoms with Gasteiger partial charge in [-0.05, 0) is 12.0 Å². The van der Waals surface area contributed by atoms with Gasteiger partial charge in [-0.3, -0.25) is 9.36 Å². The second-order valence-corrected chi connectivity index (χ2v) is 4.15. The number of benzene rings is 1. The summed E-state index contributed by atoms with van der Waals surface area (Å²) in [6.45, 7) is 0.717. The van der Waals surface area contributed by atoms with E-state index >= 15 is 0 Å². The van der Waals surface area contributed by atoms with Crippen LogP contribution in [0.2, 0.25) is 0 Å². The first-order chi connectivity index (χ1) is 8.34. The summed E-state index contributed by atoms with van der Waals surface area (Å²) in [6.07, 6.45) is 2.46. The highest BCUT2D eigenvalue weighted by atomic mass is 16.1. The molecule has 3 rings (SSSR count). The molecule has 86 valence electrons. The zero-order chi connectivity index (χ0) is 11.7. The molecular formula is C13H13N3O. The van der Waals surface area contributed by atoms with Crippen LogP contribution in [0.4, 0.5) is 5.95 Å². The topological polar surface area (TPSA) is 46.9 Å². The Labute approximate surface area is 98.9 Å². The first kappa shape index (κ1) is 10.1. The quantitative estimate of drug-likeness (QED) is 0.808. The van der Waals surface area contributed by atoms with E-state index in [4.69, 9.17) is 0 Å². The Kier molecular flexibility index (Phi) is 2.40. The smallest absolute Gasteiger partial charge is 0.254 e. The van der Waals surface area contributed by atoms with E-state index in [0.29, 0.717) is 12.5 Å². The fourth-order valence-corrected chi connectivity index (χ4v) is 2.19. The molecule has 0 saturated heterocycles. The van der Waals surface area contributed by atoms with Crippen molar-refractivity contribution in [1.29, 1.82) is 0 Å². The molecule has 2 aromatic rings. The van der Waals surface area contributed by atoms with Gasteiger partial charge in [0.25, 0.3) is 5.56 Å². The number of nitrogens with one attached hydrogen (secondary N) is 1. The monoisotopic (exact) mass is 227 g/mol. The van der Waals surface area contributed by atoms with Gasteiger partial charge in [0, 0.05) is 18.8 Å². The molecule has 0 amide bonds. The zero-order valence-electron chi connectivity index (χ0n) is 9.34. The second-order valence-electron chi connectivity index (χ2n) is 4.15. The molecule has 4 nitrogen and oxygen atoms in total. The van der Waals surface area contributed by atoms with Crippen molar-refractivity contribution in [3.63, 3.8) is 0 Å². The van der Waals surface area contributed by atoms with Gasteiger partial charge in [-0.15, -0.1) is 0 Å². The second kappa shape index (κ2) is 4.05. The fourth-order valence-electron chi connectivity index (χ4n) is 2.19. The van der Waals surface area contributed by atoms with Crippen molar-refractivity contribution in [2.45, 2.75) is 19.0 Å². The van der Waals surface area contributed by atoms with Gasteiger partial charge in [0.05, 0.1) is 6.04 Å². The molecule has 17 heavy (non-hydrogen) atoms. The average Bonchev–Trinajstić information content (AvgIpc) is 2.40. The summed E-state index contributed by atoms with van der Waals surface area (Å²) in [7, 11) is 0. The molecule has 1 aliphatic heterocycles. The van der Waals surface area contributed by atoms with Crippen LogP contribution < -0.4 is 10.9 Å². The summed E-state index contributed by atoms with van der Waals surface area (Å²) in [5.41, 5.74) is 1.24. The van der Waals surface area contributed by atoms with Crippen LogP contribution in [-0.2, 0) is 6.54 Å². The Morgan fingerprint density at radius 2 is 2.06 bits per heavy atom. The van der Waals surface area contributed by atoms with Crippen LogP contribution in [0.5, 0.6) is 0 Å². The van der Waals surface area contributed by atoms with Crippen molar-refractivity contribution in [3.8, 4) is 0 Å². The fraction of sp³-hybridized carbons (Fsp3) is 0.231. The summed E-state index contributed by atoms with van der Waals surface area (Å²) in [5, 5.41) is 3.31. The van der Waals surface area contributed by atoms with Gasteiger partial charge in [0.2, 0.25) is 5.95 Å². The molecule has 0 bridgehead atoms. The van der Waals surface area contributed by atoms with E-state index in [2.05, 4.69) is 22.4 Å². The number of anilines is 1. The SMILES string of the molecule is O=c1ccnc2n1CCC(c1ccccc1)N2. The number of aromatic nitrogens is 2. The highest BCUT2D eigenvalue weighted by Crippen LogP contribution is 2.25. The van der Waals surface area contributed by atoms with Crippen LogP contribution in [0.1, 0.15) is 18.0 Å². The standard InChI is InChI=1S/C13H13N3O/c17-12-6-8-14-13-15-11(7-9-16(12)13)10-4-2-1-3-5-10/h1-6,8,11H,7,9H2,(H,14,15). The van der Waals surface area contributed by atoms with Gasteiger partial charge in [0.1, 0.15) is 0 Å². The van der Waals surface area contributed by atoms with E-state index in [1.807, 2.05) is 18.2 Å². The predicted octanol–water partition coefficient (Wildman–Crippen LogP) is 1.80. The first-order valence-corrected chi connectivity index (χ1v) is 5.72. The van der Waals surface area contributed by atoms with Crippen molar-refractivity contribution in [2.75, 3.05) is 5.32 Å². The van der Waals surface area contributed by atoms with E-state index in [1.165, 1.54) is 11.6 Å². The first-order valence-electron chi connectivity index (χ1n) is 5.72. The molecule has 1 aromatic carbocycles. The van der Waals surface area contributed by atoms with E-state index in [9.17, 15) is 4.79 Å². The molecule has 1 aliphatic rings. The molecule has 2 heterocycles. The molecule has 0 saturated carbocycles. The molecule has 0 spiro atoms. The predicted molar refractivity (Wildman–Crippen MR) is 65.9 cm³/mol. The zero-order valence-corrected chi connectivity index (χ0v) is 9.34. The molecule has 0 fully saturated rings. The molecule has 1 N–H and O–H groups in total. The summed E-state index contributed by atoms with van der Waals surface area (Å²) in [4.78, 5) is 15.8. The minimum atomic E-state index is 0.00834. The lowest BCUT2D eigenvalue weighted by Crippen LogP contribution is -2.31. The minimum absolute atomic E-state index is 0.00834. The summed E-state index contributed by atoms with van der Waals surface area (Å²) < 4.78 is 1.68. The Morgan fingerprint density at radius 3 is 2.88 bits per heavy atom. The Bertz CT molecular complexity index is 577. The molecule has 0 aliphatic carbocycles. The van der Waals surface area contributed by atoms with E-state index in [1.54, 1.807) is 10.8 Å². The Morgan fingerprint density at radius 1 is 1.24 bits per heavy atom. The van der Waals surface area contributed by atoms with Gasteiger partial charge in [-0.25, -0.2) is 4.98 Å². The van der Waals surface area contributed by atoms with Crippen molar-refractivity contribution < 1.29 is 0 Å². The van der Waals surface area contributed by atoms with Gasteiger partial charge in [-0.1, -0.05) is 30.3 Å². The Balaban J connectivity index is 1.94. The Hall–Kier alpha value is -2.10. The van der Waals surface area contributed by atoms with Crippen LogP contribution in [0.25, 0.3) is 0 Å². The lowest BCUT2D eigenvalue weighted by molar-refractivity contribution is 0.522. The molecule has 4 heteroatoms. The average molecular weight is 227 g/mol. The van der Waals surface area contributed by atoms with Crippen molar-refractivity contribution >= 4 is 5.95 Å². The number of nitrogens with zero attached hydrogens (tertiary/aromatic N) is 2. The summed E-state index contributed by atoms with van der Waals surface area (Å²) >= 11 is 0. The third kappa shape index (κ3) is 1.82. The maximum atomic E-state index is 11.6. The van der Waals surface area contributed by atoms with Gasteiger partial charge >= 0.3 is 0 Å². The van der Waals surface area contributed by atoms with Gasteiger partial charge in [0.15, 0.2) is 0 Å². The van der Waals surface area contributed by atoms with Crippen LogP contribution in [0.3, 0.4) is 0 Å². The number of fused-ring (bicyclic) bond motifs is 1. The summed E-state index contributed by atoms with van der Waals surface area (Å²) in [5.74, 6) is 0.664. The molecule has 1 aromatic heterocycles. The van der Waals surface area contributed by atoms with Crippen LogP contribution in [0, 0.1) is 0 Å². The van der Waals surface area contributed by atoms with E-state index in [0.717, 1.165) is 6.42 Å². The lowest BCUT2D eigenvalue weighted by Gasteiger charge is -2.27. The van der Waals surface area contributed by atoms with E-state index < -0.39 is 0 Å². The highest BCUT2D eigenvalue weighted by Gasteiger charge is 2.19. The van der Waals surface area contributed by atoms with Gasteiger partial charge in [-0.2, -0.15) is 0 Å². The largest absolute Gasteiger partial charge is 0.349 e. The van der Waals surface area contributed by atoms with Crippen LogP contribution >= 0.6 is 0 Å². The third-order valence-electron chi connectivity index (χ3n) is 3.08. The van der Waals surface area contributed by atoms with Crippen molar-refractivity contribution in [3.05, 3.63) is 58.5 Å². The van der Waals surface area contributed by atoms with Crippen molar-refractivity contribution in [1.82, 2.24) is 9.55 Å². The molecule has 1 unspecified atom stereocenters. The third-order valence-corrected chi connectivity index (χ3v) is 3.08. The molecular weight excluding hydrogens is 214 g/mol. The normalized spacial score (nSPS) is 18.2. The van der Waals surface area contributed by atoms with E-state index in [-0.39, 0.29) is 11.6 Å². The molecule has 1 atom stereocenters.